The maximum Gasteiger partial charge on any atom is 0.217 e. The van der Waals surface area contributed by atoms with Gasteiger partial charge >= 0.3 is 0 Å². The molecule has 1 aliphatic heterocycles. The summed E-state index contributed by atoms with van der Waals surface area (Å²) in [5.41, 5.74) is -2.04. The van der Waals surface area contributed by atoms with Crippen molar-refractivity contribution in [2.24, 2.45) is 0 Å². The molecule has 1 fully saturated rings. The zero-order valence-electron chi connectivity index (χ0n) is 11.9. The Kier molecular flexibility index (Phi) is 4.21. The quantitative estimate of drug-likeness (QED) is 0.894. The number of halogens is 2. The molecule has 0 bridgehead atoms. The van der Waals surface area contributed by atoms with Crippen molar-refractivity contribution in [1.82, 2.24) is 5.32 Å². The number of carbonyl (C=O) groups excluding carboxylic acids is 1. The smallest absolute Gasteiger partial charge is 0.217 e. The molecule has 1 heterocycles. The highest BCUT2D eigenvalue weighted by Gasteiger charge is 2.55. The summed E-state index contributed by atoms with van der Waals surface area (Å²) in [6.07, 6.45) is 0.0683. The van der Waals surface area contributed by atoms with Gasteiger partial charge < -0.3 is 10.1 Å². The lowest BCUT2D eigenvalue weighted by Crippen LogP contribution is -2.64. The summed E-state index contributed by atoms with van der Waals surface area (Å²) < 4.78 is 21.8. The molecular formula is C15H19BrFNO2. The monoisotopic (exact) mass is 343 g/mol. The molecule has 2 rings (SSSR count). The molecular weight excluding hydrogens is 325 g/mol. The van der Waals surface area contributed by atoms with Crippen LogP contribution in [0.2, 0.25) is 0 Å². The number of benzene rings is 1. The minimum atomic E-state index is -1.59. The summed E-state index contributed by atoms with van der Waals surface area (Å²) in [7, 11) is 0. The Balaban J connectivity index is 2.53. The fourth-order valence-electron chi connectivity index (χ4n) is 2.87. The van der Waals surface area contributed by atoms with Crippen molar-refractivity contribution in [3.05, 3.63) is 34.3 Å². The molecule has 1 amide bonds. The van der Waals surface area contributed by atoms with Gasteiger partial charge in [-0.1, -0.05) is 28.1 Å². The van der Waals surface area contributed by atoms with Gasteiger partial charge in [-0.25, -0.2) is 4.39 Å². The van der Waals surface area contributed by atoms with E-state index in [2.05, 4.69) is 21.2 Å². The Labute approximate surface area is 127 Å². The zero-order chi connectivity index (χ0) is 15.0. The fourth-order valence-corrected chi connectivity index (χ4v) is 3.27. The number of carbonyl (C=O) groups is 1. The van der Waals surface area contributed by atoms with E-state index in [1.165, 1.54) is 13.8 Å². The average molecular weight is 344 g/mol. The molecule has 0 radical (unpaired) electrons. The molecule has 0 saturated carbocycles. The second-order valence-corrected chi connectivity index (χ2v) is 6.54. The van der Waals surface area contributed by atoms with Gasteiger partial charge in [-0.3, -0.25) is 4.79 Å². The van der Waals surface area contributed by atoms with Crippen LogP contribution < -0.4 is 5.32 Å². The van der Waals surface area contributed by atoms with Crippen molar-refractivity contribution in [3.8, 4) is 0 Å². The summed E-state index contributed by atoms with van der Waals surface area (Å²) in [6, 6.07) is 7.34. The number of hydrogen-bond donors (Lipinski definition) is 1. The molecule has 2 unspecified atom stereocenters. The standard InChI is InChI=1S/C15H19BrFNO2/c1-10-8-14(3,17)15(9-20-10,18-11(2)19)12-5-4-6-13(16)7-12/h4-7,10H,8-9H2,1-3H3,(H,18,19)/t10-,14?,15?/m0/s1. The van der Waals surface area contributed by atoms with E-state index in [4.69, 9.17) is 4.74 Å². The second kappa shape index (κ2) is 5.45. The number of alkyl halides is 1. The minimum absolute atomic E-state index is 0.122. The number of rotatable bonds is 2. The highest BCUT2D eigenvalue weighted by molar-refractivity contribution is 9.10. The molecule has 0 aromatic heterocycles. The molecule has 110 valence electrons. The van der Waals surface area contributed by atoms with Gasteiger partial charge in [0.15, 0.2) is 0 Å². The van der Waals surface area contributed by atoms with Crippen LogP contribution >= 0.6 is 15.9 Å². The van der Waals surface area contributed by atoms with Crippen LogP contribution in [0.1, 0.15) is 32.8 Å². The summed E-state index contributed by atoms with van der Waals surface area (Å²) >= 11 is 3.39. The van der Waals surface area contributed by atoms with Crippen LogP contribution in [0.5, 0.6) is 0 Å². The van der Waals surface area contributed by atoms with E-state index in [-0.39, 0.29) is 25.0 Å². The molecule has 1 N–H and O–H groups in total. The number of hydrogen-bond acceptors (Lipinski definition) is 2. The van der Waals surface area contributed by atoms with Crippen LogP contribution in [-0.2, 0) is 15.1 Å². The Bertz CT molecular complexity index is 520. The largest absolute Gasteiger partial charge is 0.375 e. The lowest BCUT2D eigenvalue weighted by Gasteiger charge is -2.49. The van der Waals surface area contributed by atoms with E-state index >= 15 is 4.39 Å². The highest BCUT2D eigenvalue weighted by Crippen LogP contribution is 2.44. The summed E-state index contributed by atoms with van der Waals surface area (Å²) in [6.45, 7) is 4.89. The van der Waals surface area contributed by atoms with Gasteiger partial charge in [-0.05, 0) is 31.5 Å². The number of ether oxygens (including phenoxy) is 1. The predicted octanol–water partition coefficient (Wildman–Crippen LogP) is 3.32. The molecule has 0 aliphatic carbocycles. The van der Waals surface area contributed by atoms with E-state index < -0.39 is 11.2 Å². The fraction of sp³-hybridized carbons (Fsp3) is 0.533. The molecule has 1 aromatic rings. The molecule has 0 spiro atoms. The highest BCUT2D eigenvalue weighted by atomic mass is 79.9. The average Bonchev–Trinajstić information content (AvgIpc) is 2.32. The van der Waals surface area contributed by atoms with Crippen molar-refractivity contribution < 1.29 is 13.9 Å². The minimum Gasteiger partial charge on any atom is -0.375 e. The molecule has 5 heteroatoms. The first-order chi connectivity index (χ1) is 9.27. The van der Waals surface area contributed by atoms with Gasteiger partial charge in [-0.15, -0.1) is 0 Å². The third kappa shape index (κ3) is 2.74. The molecule has 3 nitrogen and oxygen atoms in total. The Morgan fingerprint density at radius 3 is 2.80 bits per heavy atom. The topological polar surface area (TPSA) is 38.3 Å². The van der Waals surface area contributed by atoms with Gasteiger partial charge in [0.2, 0.25) is 5.91 Å². The van der Waals surface area contributed by atoms with Gasteiger partial charge in [-0.2, -0.15) is 0 Å². The van der Waals surface area contributed by atoms with E-state index in [1.54, 1.807) is 0 Å². The lowest BCUT2D eigenvalue weighted by molar-refractivity contribution is -0.143. The summed E-state index contributed by atoms with van der Waals surface area (Å²) in [5, 5.41) is 2.79. The van der Waals surface area contributed by atoms with Crippen LogP contribution in [0.3, 0.4) is 0 Å². The first-order valence-electron chi connectivity index (χ1n) is 6.62. The molecule has 1 saturated heterocycles. The Morgan fingerprint density at radius 2 is 2.25 bits per heavy atom. The first kappa shape index (κ1) is 15.4. The van der Waals surface area contributed by atoms with E-state index in [1.807, 2.05) is 31.2 Å². The van der Waals surface area contributed by atoms with Crippen LogP contribution in [-0.4, -0.2) is 24.3 Å². The van der Waals surface area contributed by atoms with Gasteiger partial charge in [0.25, 0.3) is 0 Å². The van der Waals surface area contributed by atoms with Gasteiger partial charge in [0, 0.05) is 17.8 Å². The van der Waals surface area contributed by atoms with Crippen LogP contribution in [0.15, 0.2) is 28.7 Å². The molecule has 3 atom stereocenters. The normalized spacial score (nSPS) is 33.8. The predicted molar refractivity (Wildman–Crippen MR) is 79.2 cm³/mol. The molecule has 1 aromatic carbocycles. The van der Waals surface area contributed by atoms with E-state index in [9.17, 15) is 4.79 Å². The van der Waals surface area contributed by atoms with E-state index in [0.29, 0.717) is 5.56 Å². The number of amides is 1. The van der Waals surface area contributed by atoms with Crippen LogP contribution in [0.4, 0.5) is 4.39 Å². The maximum absolute atomic E-state index is 15.3. The summed E-state index contributed by atoms with van der Waals surface area (Å²) in [5.74, 6) is -0.271. The third-order valence-electron chi connectivity index (χ3n) is 3.85. The van der Waals surface area contributed by atoms with Gasteiger partial charge in [0.05, 0.1) is 12.7 Å². The van der Waals surface area contributed by atoms with Crippen molar-refractivity contribution in [3.63, 3.8) is 0 Å². The Morgan fingerprint density at radius 1 is 1.55 bits per heavy atom. The van der Waals surface area contributed by atoms with E-state index in [0.717, 1.165) is 4.47 Å². The van der Waals surface area contributed by atoms with Crippen LogP contribution in [0, 0.1) is 0 Å². The molecule has 1 aliphatic rings. The summed E-state index contributed by atoms with van der Waals surface area (Å²) in [4.78, 5) is 11.6. The maximum atomic E-state index is 15.3. The van der Waals surface area contributed by atoms with Crippen molar-refractivity contribution in [2.75, 3.05) is 6.61 Å². The third-order valence-corrected chi connectivity index (χ3v) is 4.35. The Hall–Kier alpha value is -0.940. The first-order valence-corrected chi connectivity index (χ1v) is 7.41. The SMILES string of the molecule is CC(=O)NC1(c2cccc(Br)c2)CO[C@@H](C)CC1(C)F. The van der Waals surface area contributed by atoms with Crippen molar-refractivity contribution in [1.29, 1.82) is 0 Å². The molecule has 20 heavy (non-hydrogen) atoms. The lowest BCUT2D eigenvalue weighted by atomic mass is 9.72. The van der Waals surface area contributed by atoms with Crippen LogP contribution in [0.25, 0.3) is 0 Å². The van der Waals surface area contributed by atoms with Crippen molar-refractivity contribution in [2.45, 2.75) is 44.5 Å². The second-order valence-electron chi connectivity index (χ2n) is 5.62. The zero-order valence-corrected chi connectivity index (χ0v) is 13.5. The van der Waals surface area contributed by atoms with Crippen molar-refractivity contribution >= 4 is 21.8 Å². The number of nitrogens with one attached hydrogen (secondary N) is 1. The van der Waals surface area contributed by atoms with Gasteiger partial charge in [0.1, 0.15) is 11.2 Å².